The number of aromatic nitrogens is 1. The summed E-state index contributed by atoms with van der Waals surface area (Å²) in [7, 11) is 0. The van der Waals surface area contributed by atoms with Crippen LogP contribution in [0.1, 0.15) is 44.6 Å². The summed E-state index contributed by atoms with van der Waals surface area (Å²) in [4.78, 5) is 33.1. The number of hydrogen-bond acceptors (Lipinski definition) is 4. The molecule has 31 heavy (non-hydrogen) atoms. The molecule has 2 aliphatic heterocycles. The number of nitrogens with zero attached hydrogens (tertiary/aromatic N) is 3. The van der Waals surface area contributed by atoms with Crippen molar-refractivity contribution in [1.82, 2.24) is 9.88 Å². The van der Waals surface area contributed by atoms with Gasteiger partial charge in [0.15, 0.2) is 0 Å². The first-order chi connectivity index (χ1) is 15.0. The summed E-state index contributed by atoms with van der Waals surface area (Å²) in [6, 6.07) is 12.2. The van der Waals surface area contributed by atoms with Crippen LogP contribution in [0.3, 0.4) is 0 Å². The van der Waals surface area contributed by atoms with Crippen LogP contribution in [0, 0.1) is 11.8 Å². The quantitative estimate of drug-likeness (QED) is 0.770. The Kier molecular flexibility index (Phi) is 6.54. The van der Waals surface area contributed by atoms with Crippen LogP contribution >= 0.6 is 0 Å². The summed E-state index contributed by atoms with van der Waals surface area (Å²) >= 11 is 0. The molecule has 2 saturated heterocycles. The van der Waals surface area contributed by atoms with E-state index < -0.39 is 0 Å². The van der Waals surface area contributed by atoms with Crippen LogP contribution in [0.25, 0.3) is 0 Å². The van der Waals surface area contributed by atoms with Crippen LogP contribution in [0.5, 0.6) is 0 Å². The van der Waals surface area contributed by atoms with Gasteiger partial charge in [0.1, 0.15) is 0 Å². The molecule has 0 bridgehead atoms. The van der Waals surface area contributed by atoms with Gasteiger partial charge in [-0.1, -0.05) is 26.0 Å². The summed E-state index contributed by atoms with van der Waals surface area (Å²) in [5.41, 5.74) is 3.20. The van der Waals surface area contributed by atoms with Gasteiger partial charge in [-0.05, 0) is 54.5 Å². The fourth-order valence-corrected chi connectivity index (χ4v) is 4.42. The Balaban J connectivity index is 1.24. The minimum absolute atomic E-state index is 0.00702. The van der Waals surface area contributed by atoms with Gasteiger partial charge < -0.3 is 15.1 Å². The Bertz CT molecular complexity index is 883. The van der Waals surface area contributed by atoms with E-state index in [9.17, 15) is 9.59 Å². The third-order valence-corrected chi connectivity index (χ3v) is 6.34. The number of hydrogen-bond donors (Lipinski definition) is 1. The van der Waals surface area contributed by atoms with Crippen LogP contribution in [0.15, 0.2) is 48.8 Å². The Morgan fingerprint density at radius 2 is 1.81 bits per heavy atom. The number of pyridine rings is 1. The van der Waals surface area contributed by atoms with Crippen LogP contribution in [0.2, 0.25) is 0 Å². The van der Waals surface area contributed by atoms with Gasteiger partial charge >= 0.3 is 0 Å². The van der Waals surface area contributed by atoms with Gasteiger partial charge in [-0.15, -0.1) is 0 Å². The molecule has 2 aromatic rings. The highest BCUT2D eigenvalue weighted by molar-refractivity contribution is 5.94. The van der Waals surface area contributed by atoms with Crippen molar-refractivity contribution in [2.75, 3.05) is 36.4 Å². The van der Waals surface area contributed by atoms with E-state index in [1.54, 1.807) is 6.20 Å². The predicted octanol–water partition coefficient (Wildman–Crippen LogP) is 3.91. The average molecular weight is 421 g/mol. The minimum atomic E-state index is 0.00702. The van der Waals surface area contributed by atoms with Gasteiger partial charge in [0.05, 0.1) is 17.8 Å². The molecule has 2 fully saturated rings. The number of anilines is 2. The van der Waals surface area contributed by atoms with Crippen LogP contribution in [-0.2, 0) is 9.59 Å². The van der Waals surface area contributed by atoms with E-state index in [0.717, 1.165) is 50.4 Å². The van der Waals surface area contributed by atoms with E-state index in [-0.39, 0.29) is 17.7 Å². The first-order valence-electron chi connectivity index (χ1n) is 11.3. The molecule has 0 atom stereocenters. The number of carbonyl (C=O) groups is 2. The second kappa shape index (κ2) is 9.50. The number of benzene rings is 1. The number of rotatable bonds is 6. The fraction of sp³-hybridized carbons (Fsp3) is 0.480. The number of nitrogens with one attached hydrogen (secondary N) is 1. The van der Waals surface area contributed by atoms with Gasteiger partial charge in [0, 0.05) is 44.5 Å². The third-order valence-electron chi connectivity index (χ3n) is 6.34. The lowest BCUT2D eigenvalue weighted by Gasteiger charge is -2.39. The maximum Gasteiger partial charge on any atom is 0.231 e. The molecule has 1 aromatic heterocycles. The van der Waals surface area contributed by atoms with E-state index in [4.69, 9.17) is 0 Å². The zero-order valence-corrected chi connectivity index (χ0v) is 18.5. The maximum absolute atomic E-state index is 12.5. The molecular formula is C25H32N4O2. The molecule has 1 N–H and O–H groups in total. The van der Waals surface area contributed by atoms with Crippen molar-refractivity contribution in [3.63, 3.8) is 0 Å². The first-order valence-corrected chi connectivity index (χ1v) is 11.3. The lowest BCUT2D eigenvalue weighted by molar-refractivity contribution is -0.133. The SMILES string of the molecule is CC(C)CC(=O)N1CCC(c2ccc(NC(=O)C3CN(c4cccnc4)C3)cc2)CC1. The standard InChI is InChI=1S/C25H32N4O2/c1-18(2)14-24(30)28-12-9-20(10-13-28)19-5-7-22(8-6-19)27-25(31)21-16-29(17-21)23-4-3-11-26-15-23/h3-8,11,15,18,20-21H,9-10,12-14,16-17H2,1-2H3,(H,27,31). The van der Waals surface area contributed by atoms with Crippen molar-refractivity contribution in [3.8, 4) is 0 Å². The van der Waals surface area contributed by atoms with E-state index in [1.807, 2.05) is 35.4 Å². The zero-order valence-electron chi connectivity index (χ0n) is 18.5. The lowest BCUT2D eigenvalue weighted by atomic mass is 9.89. The van der Waals surface area contributed by atoms with Crippen molar-refractivity contribution >= 4 is 23.2 Å². The summed E-state index contributed by atoms with van der Waals surface area (Å²) in [5.74, 6) is 1.25. The smallest absolute Gasteiger partial charge is 0.231 e. The van der Waals surface area contributed by atoms with Crippen LogP contribution < -0.4 is 10.2 Å². The highest BCUT2D eigenvalue weighted by Crippen LogP contribution is 2.30. The van der Waals surface area contributed by atoms with Gasteiger partial charge in [-0.25, -0.2) is 0 Å². The van der Waals surface area contributed by atoms with Crippen LogP contribution in [-0.4, -0.2) is 47.9 Å². The minimum Gasteiger partial charge on any atom is -0.369 e. The Hall–Kier alpha value is -2.89. The Morgan fingerprint density at radius 3 is 2.42 bits per heavy atom. The molecule has 0 spiro atoms. The molecular weight excluding hydrogens is 388 g/mol. The van der Waals surface area contributed by atoms with Crippen molar-refractivity contribution in [2.45, 2.75) is 39.0 Å². The van der Waals surface area contributed by atoms with E-state index in [0.29, 0.717) is 18.3 Å². The molecule has 2 amide bonds. The van der Waals surface area contributed by atoms with E-state index in [2.05, 4.69) is 41.2 Å². The van der Waals surface area contributed by atoms with E-state index >= 15 is 0 Å². The van der Waals surface area contributed by atoms with Gasteiger partial charge in [0.25, 0.3) is 0 Å². The van der Waals surface area contributed by atoms with Crippen LogP contribution in [0.4, 0.5) is 11.4 Å². The largest absolute Gasteiger partial charge is 0.369 e. The highest BCUT2D eigenvalue weighted by Gasteiger charge is 2.33. The Morgan fingerprint density at radius 1 is 1.10 bits per heavy atom. The van der Waals surface area contributed by atoms with Gasteiger partial charge in [-0.2, -0.15) is 0 Å². The summed E-state index contributed by atoms with van der Waals surface area (Å²) < 4.78 is 0. The van der Waals surface area contributed by atoms with Crippen molar-refractivity contribution in [2.24, 2.45) is 11.8 Å². The fourth-order valence-electron chi connectivity index (χ4n) is 4.42. The molecule has 4 rings (SSSR count). The molecule has 0 radical (unpaired) electrons. The topological polar surface area (TPSA) is 65.5 Å². The number of likely N-dealkylation sites (tertiary alicyclic amines) is 1. The molecule has 0 unspecified atom stereocenters. The predicted molar refractivity (Wildman–Crippen MR) is 123 cm³/mol. The zero-order chi connectivity index (χ0) is 21.8. The molecule has 164 valence electrons. The molecule has 0 saturated carbocycles. The van der Waals surface area contributed by atoms with Gasteiger partial charge in [0.2, 0.25) is 11.8 Å². The molecule has 0 aliphatic carbocycles. The summed E-state index contributed by atoms with van der Waals surface area (Å²) in [6.45, 7) is 7.31. The normalized spacial score (nSPS) is 17.5. The number of carbonyl (C=O) groups excluding carboxylic acids is 2. The van der Waals surface area contributed by atoms with Crippen molar-refractivity contribution in [3.05, 3.63) is 54.4 Å². The second-order valence-corrected chi connectivity index (χ2v) is 9.18. The molecule has 2 aliphatic rings. The maximum atomic E-state index is 12.5. The summed E-state index contributed by atoms with van der Waals surface area (Å²) in [5, 5.41) is 3.05. The number of amides is 2. The molecule has 1 aromatic carbocycles. The lowest BCUT2D eigenvalue weighted by Crippen LogP contribution is -2.52. The first kappa shape index (κ1) is 21.3. The van der Waals surface area contributed by atoms with Gasteiger partial charge in [-0.3, -0.25) is 14.6 Å². The van der Waals surface area contributed by atoms with Crippen molar-refractivity contribution < 1.29 is 9.59 Å². The highest BCUT2D eigenvalue weighted by atomic mass is 16.2. The second-order valence-electron chi connectivity index (χ2n) is 9.18. The third kappa shape index (κ3) is 5.24. The number of piperidine rings is 1. The Labute approximate surface area is 184 Å². The molecule has 3 heterocycles. The molecule has 6 heteroatoms. The monoisotopic (exact) mass is 420 g/mol. The summed E-state index contributed by atoms with van der Waals surface area (Å²) in [6.07, 6.45) is 6.23. The average Bonchev–Trinajstić information content (AvgIpc) is 2.74. The van der Waals surface area contributed by atoms with E-state index in [1.165, 1.54) is 5.56 Å². The molecule has 6 nitrogen and oxygen atoms in total. The van der Waals surface area contributed by atoms with Crippen molar-refractivity contribution in [1.29, 1.82) is 0 Å².